The molecule has 0 atom stereocenters. The number of rotatable bonds is 18. The lowest BCUT2D eigenvalue weighted by Crippen LogP contribution is -2.19. The molecule has 0 unspecified atom stereocenters. The summed E-state index contributed by atoms with van der Waals surface area (Å²) in [4.78, 5) is 12.1. The van der Waals surface area contributed by atoms with Crippen molar-refractivity contribution in [2.75, 3.05) is 11.9 Å². The van der Waals surface area contributed by atoms with Gasteiger partial charge in [-0.15, -0.1) is 0 Å². The van der Waals surface area contributed by atoms with Gasteiger partial charge in [-0.25, -0.2) is 4.79 Å². The minimum atomic E-state index is -0.393. The number of ether oxygens (including phenoxy) is 1. The SMILES string of the molecule is CCCCCCCCCCCCCCCCOC(=O)Nc1ccc(C(C)(C)c2ccc(O)cc2)cc1. The Morgan fingerprint density at radius 2 is 1.11 bits per heavy atom. The maximum absolute atomic E-state index is 12.1. The number of phenols is 1. The second-order valence-electron chi connectivity index (χ2n) is 10.6. The molecule has 0 heterocycles. The number of aromatic hydroxyl groups is 1. The predicted molar refractivity (Wildman–Crippen MR) is 152 cm³/mol. The van der Waals surface area contributed by atoms with Gasteiger partial charge in [0.2, 0.25) is 0 Å². The number of unbranched alkanes of at least 4 members (excludes halogenated alkanes) is 13. The van der Waals surface area contributed by atoms with E-state index < -0.39 is 6.09 Å². The van der Waals surface area contributed by atoms with Gasteiger partial charge in [-0.2, -0.15) is 0 Å². The lowest BCUT2D eigenvalue weighted by Gasteiger charge is -2.26. The average molecular weight is 496 g/mol. The van der Waals surface area contributed by atoms with E-state index in [-0.39, 0.29) is 11.2 Å². The van der Waals surface area contributed by atoms with E-state index in [0.29, 0.717) is 6.61 Å². The number of hydrogen-bond acceptors (Lipinski definition) is 3. The summed E-state index contributed by atoms with van der Waals surface area (Å²) in [6.45, 7) is 7.03. The summed E-state index contributed by atoms with van der Waals surface area (Å²) in [6, 6.07) is 15.2. The number of carbonyl (C=O) groups excluding carboxylic acids is 1. The fraction of sp³-hybridized carbons (Fsp3) is 0.594. The van der Waals surface area contributed by atoms with Crippen LogP contribution in [0.1, 0.15) is 122 Å². The molecule has 0 aliphatic carbocycles. The van der Waals surface area contributed by atoms with Gasteiger partial charge in [-0.1, -0.05) is 129 Å². The molecule has 0 radical (unpaired) electrons. The van der Waals surface area contributed by atoms with E-state index in [2.05, 4.69) is 26.1 Å². The van der Waals surface area contributed by atoms with Crippen molar-refractivity contribution in [3.8, 4) is 5.75 Å². The normalized spacial score (nSPS) is 11.4. The van der Waals surface area contributed by atoms with Crippen molar-refractivity contribution in [1.82, 2.24) is 0 Å². The molecular formula is C32H49NO3. The molecule has 0 saturated heterocycles. The highest BCUT2D eigenvalue weighted by atomic mass is 16.5. The topological polar surface area (TPSA) is 58.6 Å². The van der Waals surface area contributed by atoms with Crippen molar-refractivity contribution >= 4 is 11.8 Å². The summed E-state index contributed by atoms with van der Waals surface area (Å²) in [5.74, 6) is 0.265. The van der Waals surface area contributed by atoms with Crippen LogP contribution in [0.5, 0.6) is 5.75 Å². The van der Waals surface area contributed by atoms with Crippen LogP contribution >= 0.6 is 0 Å². The summed E-state index contributed by atoms with van der Waals surface area (Å²) in [6.07, 6.45) is 18.0. The molecule has 0 spiro atoms. The van der Waals surface area contributed by atoms with Gasteiger partial charge in [0, 0.05) is 11.1 Å². The van der Waals surface area contributed by atoms with Crippen molar-refractivity contribution in [2.45, 2.75) is 116 Å². The van der Waals surface area contributed by atoms with E-state index in [1.807, 2.05) is 36.4 Å². The van der Waals surface area contributed by atoms with Crippen LogP contribution in [0.25, 0.3) is 0 Å². The van der Waals surface area contributed by atoms with Crippen LogP contribution in [0.4, 0.5) is 10.5 Å². The van der Waals surface area contributed by atoms with Gasteiger partial charge in [0.15, 0.2) is 0 Å². The highest BCUT2D eigenvalue weighted by molar-refractivity contribution is 5.84. The molecular weight excluding hydrogens is 446 g/mol. The Morgan fingerprint density at radius 1 is 0.694 bits per heavy atom. The number of amides is 1. The smallest absolute Gasteiger partial charge is 0.411 e. The molecule has 2 aromatic carbocycles. The van der Waals surface area contributed by atoms with Crippen LogP contribution in [0.3, 0.4) is 0 Å². The Hall–Kier alpha value is -2.49. The maximum Gasteiger partial charge on any atom is 0.411 e. The first-order valence-corrected chi connectivity index (χ1v) is 14.3. The second-order valence-corrected chi connectivity index (χ2v) is 10.6. The van der Waals surface area contributed by atoms with E-state index in [1.165, 1.54) is 77.0 Å². The Bertz CT molecular complexity index is 843. The van der Waals surface area contributed by atoms with Gasteiger partial charge < -0.3 is 9.84 Å². The molecule has 2 N–H and O–H groups in total. The molecule has 0 aliphatic heterocycles. The summed E-state index contributed by atoms with van der Waals surface area (Å²) < 4.78 is 5.36. The maximum atomic E-state index is 12.1. The zero-order valence-corrected chi connectivity index (χ0v) is 23.0. The number of nitrogens with one attached hydrogen (secondary N) is 1. The number of anilines is 1. The lowest BCUT2D eigenvalue weighted by atomic mass is 9.78. The van der Waals surface area contributed by atoms with E-state index in [0.717, 1.165) is 29.7 Å². The summed E-state index contributed by atoms with van der Waals surface area (Å²) in [7, 11) is 0. The zero-order chi connectivity index (χ0) is 26.1. The van der Waals surface area contributed by atoms with E-state index in [1.54, 1.807) is 12.1 Å². The highest BCUT2D eigenvalue weighted by Crippen LogP contribution is 2.32. The van der Waals surface area contributed by atoms with Crippen molar-refractivity contribution in [3.63, 3.8) is 0 Å². The van der Waals surface area contributed by atoms with Crippen LogP contribution in [0, 0.1) is 0 Å². The van der Waals surface area contributed by atoms with E-state index in [9.17, 15) is 9.90 Å². The minimum Gasteiger partial charge on any atom is -0.508 e. The molecule has 200 valence electrons. The number of carbonyl (C=O) groups is 1. The molecule has 0 aromatic heterocycles. The van der Waals surface area contributed by atoms with Crippen molar-refractivity contribution in [2.24, 2.45) is 0 Å². The van der Waals surface area contributed by atoms with E-state index >= 15 is 0 Å². The lowest BCUT2D eigenvalue weighted by molar-refractivity contribution is 0.159. The number of hydrogen-bond donors (Lipinski definition) is 2. The van der Waals surface area contributed by atoms with Crippen molar-refractivity contribution in [1.29, 1.82) is 0 Å². The Balaban J connectivity index is 1.51. The largest absolute Gasteiger partial charge is 0.508 e. The summed E-state index contributed by atoms with van der Waals surface area (Å²) in [5.41, 5.74) is 2.77. The minimum absolute atomic E-state index is 0.208. The van der Waals surface area contributed by atoms with Gasteiger partial charge in [0.25, 0.3) is 0 Å². The second kappa shape index (κ2) is 17.1. The number of phenolic OH excluding ortho intramolecular Hbond substituents is 1. The van der Waals surface area contributed by atoms with Gasteiger partial charge >= 0.3 is 6.09 Å². The van der Waals surface area contributed by atoms with Gasteiger partial charge in [-0.05, 0) is 41.8 Å². The van der Waals surface area contributed by atoms with Crippen LogP contribution in [-0.2, 0) is 10.2 Å². The average Bonchev–Trinajstić information content (AvgIpc) is 2.87. The fourth-order valence-corrected chi connectivity index (χ4v) is 4.63. The Labute approximate surface area is 219 Å². The third kappa shape index (κ3) is 11.5. The van der Waals surface area contributed by atoms with E-state index in [4.69, 9.17) is 4.74 Å². The first-order chi connectivity index (χ1) is 17.4. The highest BCUT2D eigenvalue weighted by Gasteiger charge is 2.23. The third-order valence-corrected chi connectivity index (χ3v) is 7.17. The molecule has 2 aromatic rings. The summed E-state index contributed by atoms with van der Waals surface area (Å²) in [5, 5.41) is 12.4. The van der Waals surface area contributed by atoms with Crippen LogP contribution in [0.15, 0.2) is 48.5 Å². The quantitative estimate of drug-likeness (QED) is 0.202. The van der Waals surface area contributed by atoms with Crippen LogP contribution in [-0.4, -0.2) is 17.8 Å². The molecule has 4 heteroatoms. The first kappa shape index (κ1) is 29.7. The molecule has 0 fully saturated rings. The molecule has 1 amide bonds. The zero-order valence-electron chi connectivity index (χ0n) is 23.0. The Kier molecular flexibility index (Phi) is 14.1. The molecule has 0 saturated carbocycles. The van der Waals surface area contributed by atoms with Crippen molar-refractivity contribution in [3.05, 3.63) is 59.7 Å². The molecule has 36 heavy (non-hydrogen) atoms. The van der Waals surface area contributed by atoms with Crippen LogP contribution < -0.4 is 5.32 Å². The predicted octanol–water partition coefficient (Wildman–Crippen LogP) is 9.75. The Morgan fingerprint density at radius 3 is 1.58 bits per heavy atom. The third-order valence-electron chi connectivity index (χ3n) is 7.17. The monoisotopic (exact) mass is 495 g/mol. The standard InChI is InChI=1S/C32H49NO3/c1-4-5-6-7-8-9-10-11-12-13-14-15-16-17-26-36-31(35)33-29-22-18-27(19-23-29)32(2,3)28-20-24-30(34)25-21-28/h18-25,34H,4-17,26H2,1-3H3,(H,33,35). The summed E-state index contributed by atoms with van der Waals surface area (Å²) >= 11 is 0. The molecule has 0 bridgehead atoms. The molecule has 4 nitrogen and oxygen atoms in total. The number of benzene rings is 2. The van der Waals surface area contributed by atoms with Crippen LogP contribution in [0.2, 0.25) is 0 Å². The first-order valence-electron chi connectivity index (χ1n) is 14.3. The fourth-order valence-electron chi connectivity index (χ4n) is 4.63. The molecule has 0 aliphatic rings. The molecule has 2 rings (SSSR count). The van der Waals surface area contributed by atoms with Gasteiger partial charge in [0.05, 0.1) is 6.61 Å². The van der Waals surface area contributed by atoms with Gasteiger partial charge in [0.1, 0.15) is 5.75 Å². The van der Waals surface area contributed by atoms with Crippen molar-refractivity contribution < 1.29 is 14.6 Å². The van der Waals surface area contributed by atoms with Gasteiger partial charge in [-0.3, -0.25) is 5.32 Å².